The molecule has 19 heavy (non-hydrogen) atoms. The molecule has 0 unspecified atom stereocenters. The third-order valence-electron chi connectivity index (χ3n) is 3.60. The Bertz CT molecular complexity index is 484. The van der Waals surface area contributed by atoms with E-state index in [0.29, 0.717) is 11.6 Å². The van der Waals surface area contributed by atoms with Gasteiger partial charge in [0.1, 0.15) is 11.5 Å². The van der Waals surface area contributed by atoms with Crippen molar-refractivity contribution in [1.29, 1.82) is 0 Å². The van der Waals surface area contributed by atoms with Crippen molar-refractivity contribution in [3.05, 3.63) is 17.0 Å². The minimum atomic E-state index is -0.156. The van der Waals surface area contributed by atoms with E-state index in [2.05, 4.69) is 20.2 Å². The van der Waals surface area contributed by atoms with Crippen LogP contribution in [0.2, 0.25) is 5.28 Å². The van der Waals surface area contributed by atoms with Crippen molar-refractivity contribution in [3.63, 3.8) is 0 Å². The highest BCUT2D eigenvalue weighted by Crippen LogP contribution is 2.27. The fraction of sp³-hybridized carbons (Fsp3) is 0.615. The Labute approximate surface area is 117 Å². The van der Waals surface area contributed by atoms with Gasteiger partial charge in [0.2, 0.25) is 5.28 Å². The second kappa shape index (κ2) is 5.33. The number of hydrogen-bond donors (Lipinski definition) is 1. The summed E-state index contributed by atoms with van der Waals surface area (Å²) in [5.74, 6) is 1.25. The molecule has 1 saturated carbocycles. The van der Waals surface area contributed by atoms with Crippen molar-refractivity contribution >= 4 is 23.3 Å². The summed E-state index contributed by atoms with van der Waals surface area (Å²) in [7, 11) is 0. The maximum absolute atomic E-state index is 12.0. The second-order valence-electron chi connectivity index (χ2n) is 5.23. The number of halogens is 1. The van der Waals surface area contributed by atoms with E-state index in [0.717, 1.165) is 38.3 Å². The fourth-order valence-corrected chi connectivity index (χ4v) is 2.46. The Morgan fingerprint density at radius 3 is 2.79 bits per heavy atom. The van der Waals surface area contributed by atoms with Gasteiger partial charge in [-0.3, -0.25) is 4.79 Å². The summed E-state index contributed by atoms with van der Waals surface area (Å²) in [6, 6.07) is 1.74. The van der Waals surface area contributed by atoms with Gasteiger partial charge in [0.05, 0.1) is 0 Å². The molecule has 1 N–H and O–H groups in total. The average molecular weight is 281 g/mol. The molecule has 102 valence electrons. The molecule has 1 saturated heterocycles. The molecule has 0 bridgehead atoms. The molecule has 1 amide bonds. The highest BCUT2D eigenvalue weighted by Gasteiger charge is 2.23. The van der Waals surface area contributed by atoms with E-state index >= 15 is 0 Å². The molecular formula is C13H17ClN4O. The SMILES string of the molecule is O=C(NCC1CC1)c1cc(N2CCCC2)nc(Cl)n1. The first-order valence-corrected chi connectivity index (χ1v) is 7.18. The van der Waals surface area contributed by atoms with Crippen LogP contribution in [-0.4, -0.2) is 35.5 Å². The number of amides is 1. The van der Waals surface area contributed by atoms with Crippen molar-refractivity contribution in [1.82, 2.24) is 15.3 Å². The van der Waals surface area contributed by atoms with E-state index in [1.165, 1.54) is 12.8 Å². The van der Waals surface area contributed by atoms with E-state index in [1.54, 1.807) is 6.07 Å². The number of hydrogen-bond acceptors (Lipinski definition) is 4. The molecule has 6 heteroatoms. The molecule has 1 aliphatic carbocycles. The Morgan fingerprint density at radius 2 is 2.11 bits per heavy atom. The Kier molecular flexibility index (Phi) is 3.55. The van der Waals surface area contributed by atoms with Crippen LogP contribution in [0, 0.1) is 5.92 Å². The fourth-order valence-electron chi connectivity index (χ4n) is 2.28. The van der Waals surface area contributed by atoms with Crippen LogP contribution in [0.25, 0.3) is 0 Å². The van der Waals surface area contributed by atoms with Gasteiger partial charge in [-0.25, -0.2) is 9.97 Å². The van der Waals surface area contributed by atoms with Gasteiger partial charge in [0.15, 0.2) is 0 Å². The standard InChI is InChI=1S/C13H17ClN4O/c14-13-16-10(12(19)15-8-9-3-4-9)7-11(17-13)18-5-1-2-6-18/h7,9H,1-6,8H2,(H,15,19). The predicted octanol–water partition coefficient (Wildman–Crippen LogP) is 1.87. The molecule has 1 aliphatic heterocycles. The van der Waals surface area contributed by atoms with Crippen LogP contribution >= 0.6 is 11.6 Å². The number of aromatic nitrogens is 2. The van der Waals surface area contributed by atoms with Crippen LogP contribution in [0.1, 0.15) is 36.2 Å². The molecule has 0 aromatic carbocycles. The van der Waals surface area contributed by atoms with Crippen molar-refractivity contribution in [2.24, 2.45) is 5.92 Å². The van der Waals surface area contributed by atoms with Crippen LogP contribution in [-0.2, 0) is 0 Å². The van der Waals surface area contributed by atoms with Crippen molar-refractivity contribution in [2.45, 2.75) is 25.7 Å². The number of carbonyl (C=O) groups is 1. The van der Waals surface area contributed by atoms with Gasteiger partial charge in [-0.1, -0.05) is 0 Å². The van der Waals surface area contributed by atoms with Crippen LogP contribution in [0.4, 0.5) is 5.82 Å². The lowest BCUT2D eigenvalue weighted by atomic mass is 10.3. The van der Waals surface area contributed by atoms with Gasteiger partial charge in [-0.2, -0.15) is 0 Å². The molecule has 3 rings (SSSR count). The first-order chi connectivity index (χ1) is 9.22. The highest BCUT2D eigenvalue weighted by molar-refractivity contribution is 6.28. The molecule has 0 spiro atoms. The normalized spacial score (nSPS) is 18.7. The van der Waals surface area contributed by atoms with E-state index in [9.17, 15) is 4.79 Å². The lowest BCUT2D eigenvalue weighted by molar-refractivity contribution is 0.0946. The van der Waals surface area contributed by atoms with Gasteiger partial charge in [-0.05, 0) is 43.2 Å². The number of rotatable bonds is 4. The summed E-state index contributed by atoms with van der Waals surface area (Å²) >= 11 is 5.92. The number of anilines is 1. The van der Waals surface area contributed by atoms with Crippen LogP contribution < -0.4 is 10.2 Å². The maximum atomic E-state index is 12.0. The summed E-state index contributed by atoms with van der Waals surface area (Å²) in [5, 5.41) is 3.04. The van der Waals surface area contributed by atoms with Gasteiger partial charge >= 0.3 is 0 Å². The predicted molar refractivity (Wildman–Crippen MR) is 73.5 cm³/mol. The van der Waals surface area contributed by atoms with Crippen LogP contribution in [0.5, 0.6) is 0 Å². The quantitative estimate of drug-likeness (QED) is 0.856. The third-order valence-corrected chi connectivity index (χ3v) is 3.77. The van der Waals surface area contributed by atoms with Gasteiger partial charge in [0.25, 0.3) is 5.91 Å². The lowest BCUT2D eigenvalue weighted by Gasteiger charge is -2.16. The van der Waals surface area contributed by atoms with Gasteiger partial charge in [0, 0.05) is 25.7 Å². The minimum absolute atomic E-state index is 0.140. The second-order valence-corrected chi connectivity index (χ2v) is 5.57. The van der Waals surface area contributed by atoms with E-state index in [4.69, 9.17) is 11.6 Å². The van der Waals surface area contributed by atoms with Crippen molar-refractivity contribution < 1.29 is 4.79 Å². The molecule has 0 atom stereocenters. The number of nitrogens with one attached hydrogen (secondary N) is 1. The molecule has 2 aliphatic rings. The average Bonchev–Trinajstić information content (AvgIpc) is 3.06. The molecule has 1 aromatic rings. The minimum Gasteiger partial charge on any atom is -0.356 e. The maximum Gasteiger partial charge on any atom is 0.270 e. The van der Waals surface area contributed by atoms with Crippen LogP contribution in [0.3, 0.4) is 0 Å². The topological polar surface area (TPSA) is 58.1 Å². The molecule has 5 nitrogen and oxygen atoms in total. The van der Waals surface area contributed by atoms with Crippen molar-refractivity contribution in [3.8, 4) is 0 Å². The number of nitrogens with zero attached hydrogens (tertiary/aromatic N) is 3. The number of carbonyl (C=O) groups excluding carboxylic acids is 1. The zero-order valence-electron chi connectivity index (χ0n) is 10.7. The van der Waals surface area contributed by atoms with E-state index in [-0.39, 0.29) is 11.2 Å². The summed E-state index contributed by atoms with van der Waals surface area (Å²) in [4.78, 5) is 22.4. The summed E-state index contributed by atoms with van der Waals surface area (Å²) < 4.78 is 0. The molecular weight excluding hydrogens is 264 g/mol. The third kappa shape index (κ3) is 3.15. The molecule has 1 aromatic heterocycles. The molecule has 2 heterocycles. The Morgan fingerprint density at radius 1 is 1.37 bits per heavy atom. The lowest BCUT2D eigenvalue weighted by Crippen LogP contribution is -2.27. The van der Waals surface area contributed by atoms with Gasteiger partial charge in [-0.15, -0.1) is 0 Å². The first kappa shape index (κ1) is 12.7. The summed E-state index contributed by atoms with van der Waals surface area (Å²) in [5.41, 5.74) is 0.363. The summed E-state index contributed by atoms with van der Waals surface area (Å²) in [6.45, 7) is 2.67. The molecule has 2 fully saturated rings. The summed E-state index contributed by atoms with van der Waals surface area (Å²) in [6.07, 6.45) is 4.74. The first-order valence-electron chi connectivity index (χ1n) is 6.80. The van der Waals surface area contributed by atoms with Gasteiger partial charge < -0.3 is 10.2 Å². The van der Waals surface area contributed by atoms with E-state index in [1.807, 2.05) is 0 Å². The highest BCUT2D eigenvalue weighted by atomic mass is 35.5. The van der Waals surface area contributed by atoms with E-state index < -0.39 is 0 Å². The van der Waals surface area contributed by atoms with Crippen LogP contribution in [0.15, 0.2) is 6.07 Å². The zero-order valence-corrected chi connectivity index (χ0v) is 11.5. The zero-order chi connectivity index (χ0) is 13.2. The Hall–Kier alpha value is -1.36. The largest absolute Gasteiger partial charge is 0.356 e. The van der Waals surface area contributed by atoms with Crippen molar-refractivity contribution in [2.75, 3.05) is 24.5 Å². The smallest absolute Gasteiger partial charge is 0.270 e. The molecule has 0 radical (unpaired) electrons. The monoisotopic (exact) mass is 280 g/mol. The Balaban J connectivity index is 1.73.